The number of anilines is 1. The number of halogens is 1. The Labute approximate surface area is 119 Å². The minimum absolute atomic E-state index is 0.138. The van der Waals surface area contributed by atoms with E-state index in [4.69, 9.17) is 5.26 Å². The van der Waals surface area contributed by atoms with Gasteiger partial charge in [-0.15, -0.1) is 11.3 Å². The average molecular weight is 322 g/mol. The molecule has 0 fully saturated rings. The molecule has 5 heteroatoms. The second-order valence-corrected chi connectivity index (χ2v) is 5.77. The number of benzene rings is 1. The summed E-state index contributed by atoms with van der Waals surface area (Å²) in [7, 11) is 0. The maximum atomic E-state index is 9.09. The molecule has 0 aliphatic carbocycles. The molecule has 1 heterocycles. The van der Waals surface area contributed by atoms with Crippen molar-refractivity contribution < 1.29 is 0 Å². The molecule has 92 valence electrons. The van der Waals surface area contributed by atoms with E-state index in [9.17, 15) is 0 Å². The lowest BCUT2D eigenvalue weighted by molar-refractivity contribution is 0.889. The topological polar surface area (TPSA) is 48.7 Å². The fourth-order valence-electron chi connectivity index (χ4n) is 1.76. The van der Waals surface area contributed by atoms with Crippen LogP contribution in [0, 0.1) is 18.3 Å². The number of aryl methyl sites for hydroxylation is 1. The highest BCUT2D eigenvalue weighted by Crippen LogP contribution is 2.28. The van der Waals surface area contributed by atoms with E-state index in [0.717, 1.165) is 15.9 Å². The van der Waals surface area contributed by atoms with Crippen LogP contribution in [-0.2, 0) is 0 Å². The Hall–Kier alpha value is -1.38. The Bertz CT molecular complexity index is 601. The van der Waals surface area contributed by atoms with E-state index in [0.29, 0.717) is 5.56 Å². The van der Waals surface area contributed by atoms with Crippen molar-refractivity contribution in [3.05, 3.63) is 44.3 Å². The van der Waals surface area contributed by atoms with Gasteiger partial charge in [-0.25, -0.2) is 4.98 Å². The van der Waals surface area contributed by atoms with Crippen LogP contribution in [0.4, 0.5) is 5.69 Å². The number of nitrogens with one attached hydrogen (secondary N) is 1. The van der Waals surface area contributed by atoms with Crippen molar-refractivity contribution in [2.45, 2.75) is 19.9 Å². The molecule has 0 saturated carbocycles. The van der Waals surface area contributed by atoms with Crippen LogP contribution in [0.2, 0.25) is 0 Å². The molecule has 0 aliphatic heterocycles. The molecular formula is C13H12BrN3S. The zero-order valence-corrected chi connectivity index (χ0v) is 12.5. The summed E-state index contributed by atoms with van der Waals surface area (Å²) in [5, 5.41) is 12.5. The van der Waals surface area contributed by atoms with Crippen LogP contribution in [0.25, 0.3) is 0 Å². The number of hydrogen-bond donors (Lipinski definition) is 1. The zero-order chi connectivity index (χ0) is 13.1. The quantitative estimate of drug-likeness (QED) is 0.918. The summed E-state index contributed by atoms with van der Waals surface area (Å²) >= 11 is 5.05. The van der Waals surface area contributed by atoms with Gasteiger partial charge in [0.2, 0.25) is 0 Å². The molecular weight excluding hydrogens is 310 g/mol. The van der Waals surface area contributed by atoms with Crippen LogP contribution < -0.4 is 5.32 Å². The smallest absolute Gasteiger partial charge is 0.101 e. The van der Waals surface area contributed by atoms with Crippen LogP contribution >= 0.6 is 27.3 Å². The third kappa shape index (κ3) is 2.71. The van der Waals surface area contributed by atoms with Crippen molar-refractivity contribution in [2.24, 2.45) is 0 Å². The molecule has 18 heavy (non-hydrogen) atoms. The first-order chi connectivity index (χ1) is 8.61. The highest BCUT2D eigenvalue weighted by atomic mass is 79.9. The van der Waals surface area contributed by atoms with Gasteiger partial charge in [0, 0.05) is 9.35 Å². The molecule has 3 nitrogen and oxygen atoms in total. The molecule has 0 aliphatic rings. The zero-order valence-electron chi connectivity index (χ0n) is 10.1. The predicted octanol–water partition coefficient (Wildman–Crippen LogP) is 4.26. The van der Waals surface area contributed by atoms with Crippen LogP contribution in [0.15, 0.2) is 28.2 Å². The number of nitriles is 1. The summed E-state index contributed by atoms with van der Waals surface area (Å²) in [6.45, 7) is 4.07. The highest BCUT2D eigenvalue weighted by Gasteiger charge is 2.12. The Kier molecular flexibility index (Phi) is 4.00. The standard InChI is InChI=1S/C13H12BrN3S/c1-8-13(18-7-16-8)9(2)17-12-5-11(14)4-3-10(12)6-15/h3-5,7,9,17H,1-2H3. The van der Waals surface area contributed by atoms with E-state index >= 15 is 0 Å². The second-order valence-electron chi connectivity index (χ2n) is 3.97. The lowest BCUT2D eigenvalue weighted by Crippen LogP contribution is -2.07. The molecule has 1 aromatic heterocycles. The maximum Gasteiger partial charge on any atom is 0.101 e. The van der Waals surface area contributed by atoms with Crippen molar-refractivity contribution in [1.29, 1.82) is 5.26 Å². The van der Waals surface area contributed by atoms with E-state index in [1.165, 1.54) is 4.88 Å². The lowest BCUT2D eigenvalue weighted by Gasteiger charge is -2.15. The fraction of sp³-hybridized carbons (Fsp3) is 0.231. The molecule has 0 spiro atoms. The Morgan fingerprint density at radius 1 is 1.50 bits per heavy atom. The average Bonchev–Trinajstić information content (AvgIpc) is 2.76. The highest BCUT2D eigenvalue weighted by molar-refractivity contribution is 9.10. The summed E-state index contributed by atoms with van der Waals surface area (Å²) < 4.78 is 0.956. The SMILES string of the molecule is Cc1ncsc1C(C)Nc1cc(Br)ccc1C#N. The van der Waals surface area contributed by atoms with Gasteiger partial charge >= 0.3 is 0 Å². The van der Waals surface area contributed by atoms with Gasteiger partial charge in [-0.05, 0) is 32.0 Å². The third-order valence-electron chi connectivity index (χ3n) is 2.65. The first-order valence-electron chi connectivity index (χ1n) is 5.48. The molecule has 0 saturated heterocycles. The monoisotopic (exact) mass is 321 g/mol. The van der Waals surface area contributed by atoms with Crippen molar-refractivity contribution in [3.63, 3.8) is 0 Å². The van der Waals surface area contributed by atoms with E-state index in [1.807, 2.05) is 24.6 Å². The molecule has 0 bridgehead atoms. The molecule has 2 rings (SSSR count). The molecule has 0 amide bonds. The van der Waals surface area contributed by atoms with Crippen molar-refractivity contribution >= 4 is 33.0 Å². The van der Waals surface area contributed by atoms with Crippen LogP contribution in [0.3, 0.4) is 0 Å². The number of rotatable bonds is 3. The van der Waals surface area contributed by atoms with Gasteiger partial charge in [0.05, 0.1) is 28.5 Å². The van der Waals surface area contributed by atoms with Crippen LogP contribution in [-0.4, -0.2) is 4.98 Å². The van der Waals surface area contributed by atoms with Gasteiger partial charge in [-0.3, -0.25) is 0 Å². The Balaban J connectivity index is 2.27. The maximum absolute atomic E-state index is 9.09. The van der Waals surface area contributed by atoms with Gasteiger partial charge in [0.1, 0.15) is 6.07 Å². The number of thiazole rings is 1. The number of aromatic nitrogens is 1. The van der Waals surface area contributed by atoms with Gasteiger partial charge in [-0.2, -0.15) is 5.26 Å². The van der Waals surface area contributed by atoms with E-state index in [1.54, 1.807) is 17.4 Å². The number of nitrogens with zero attached hydrogens (tertiary/aromatic N) is 2. The van der Waals surface area contributed by atoms with Gasteiger partial charge in [0.15, 0.2) is 0 Å². The summed E-state index contributed by atoms with van der Waals surface area (Å²) in [5.74, 6) is 0. The molecule has 1 N–H and O–H groups in total. The minimum Gasteiger partial charge on any atom is -0.377 e. The van der Waals surface area contributed by atoms with E-state index in [-0.39, 0.29) is 6.04 Å². The summed E-state index contributed by atoms with van der Waals surface area (Å²) in [6.07, 6.45) is 0. The van der Waals surface area contributed by atoms with Crippen molar-refractivity contribution in [3.8, 4) is 6.07 Å². The largest absolute Gasteiger partial charge is 0.377 e. The van der Waals surface area contributed by atoms with Crippen LogP contribution in [0.1, 0.15) is 29.1 Å². The second kappa shape index (κ2) is 5.51. The van der Waals surface area contributed by atoms with Crippen molar-refractivity contribution in [2.75, 3.05) is 5.32 Å². The first-order valence-corrected chi connectivity index (χ1v) is 7.15. The minimum atomic E-state index is 0.138. The molecule has 2 aromatic rings. The Morgan fingerprint density at radius 2 is 2.28 bits per heavy atom. The first kappa shape index (κ1) is 13.1. The predicted molar refractivity (Wildman–Crippen MR) is 77.7 cm³/mol. The van der Waals surface area contributed by atoms with Crippen molar-refractivity contribution in [1.82, 2.24) is 4.98 Å². The summed E-state index contributed by atoms with van der Waals surface area (Å²) in [5.41, 5.74) is 4.36. The molecule has 1 aromatic carbocycles. The van der Waals surface area contributed by atoms with E-state index in [2.05, 4.69) is 39.2 Å². The number of hydrogen-bond acceptors (Lipinski definition) is 4. The lowest BCUT2D eigenvalue weighted by atomic mass is 10.1. The summed E-state index contributed by atoms with van der Waals surface area (Å²) in [6, 6.07) is 7.92. The fourth-order valence-corrected chi connectivity index (χ4v) is 2.93. The normalized spacial score (nSPS) is 11.9. The molecule has 1 unspecified atom stereocenters. The van der Waals surface area contributed by atoms with Crippen LogP contribution in [0.5, 0.6) is 0 Å². The van der Waals surface area contributed by atoms with Gasteiger partial charge in [0.25, 0.3) is 0 Å². The van der Waals surface area contributed by atoms with Gasteiger partial charge in [-0.1, -0.05) is 15.9 Å². The molecule has 1 atom stereocenters. The summed E-state index contributed by atoms with van der Waals surface area (Å²) in [4.78, 5) is 5.44. The third-order valence-corrected chi connectivity index (χ3v) is 4.26. The van der Waals surface area contributed by atoms with E-state index < -0.39 is 0 Å². The molecule has 0 radical (unpaired) electrons. The Morgan fingerprint density at radius 3 is 2.89 bits per heavy atom. The van der Waals surface area contributed by atoms with Gasteiger partial charge < -0.3 is 5.32 Å².